The van der Waals surface area contributed by atoms with E-state index in [1.807, 2.05) is 0 Å². The molecule has 0 atom stereocenters. The third-order valence-corrected chi connectivity index (χ3v) is 2.78. The molecule has 1 aromatic carbocycles. The summed E-state index contributed by atoms with van der Waals surface area (Å²) in [5.41, 5.74) is 1.47. The number of ether oxygens (including phenoxy) is 2. The zero-order valence-corrected chi connectivity index (χ0v) is 8.56. The second-order valence-electron chi connectivity index (χ2n) is 3.46. The number of hydrogen-bond donors (Lipinski definition) is 1. The predicted octanol–water partition coefficient (Wildman–Crippen LogP) is 1.61. The van der Waals surface area contributed by atoms with Gasteiger partial charge in [-0.25, -0.2) is 0 Å². The summed E-state index contributed by atoms with van der Waals surface area (Å²) in [4.78, 5) is 11.3. The number of carbonyl (C=O) groups excluding carboxylic acids is 1. The Balaban J connectivity index is 2.22. The molecule has 2 aliphatic rings. The monoisotopic (exact) mass is 225 g/mol. The van der Waals surface area contributed by atoms with Crippen LogP contribution in [-0.2, 0) is 11.2 Å². The molecule has 4 nitrogen and oxygen atoms in total. The lowest BCUT2D eigenvalue weighted by Crippen LogP contribution is -2.16. The SMILES string of the molecule is O=C1Cc2c(c(Cl)cc3c2OCCO3)N1. The van der Waals surface area contributed by atoms with Crippen LogP contribution in [0, 0.1) is 0 Å². The average molecular weight is 226 g/mol. The Morgan fingerprint density at radius 3 is 3.00 bits per heavy atom. The quantitative estimate of drug-likeness (QED) is 0.730. The highest BCUT2D eigenvalue weighted by Gasteiger charge is 2.29. The van der Waals surface area contributed by atoms with Gasteiger partial charge in [-0.3, -0.25) is 4.79 Å². The summed E-state index contributed by atoms with van der Waals surface area (Å²) >= 11 is 6.02. The molecule has 0 aromatic heterocycles. The number of nitrogens with one attached hydrogen (secondary N) is 1. The number of benzene rings is 1. The molecule has 2 aliphatic heterocycles. The first-order valence-electron chi connectivity index (χ1n) is 4.66. The second kappa shape index (κ2) is 3.03. The number of rotatable bonds is 0. The Kier molecular flexibility index (Phi) is 1.79. The average Bonchev–Trinajstić information content (AvgIpc) is 2.61. The molecule has 0 fully saturated rings. The van der Waals surface area contributed by atoms with E-state index in [9.17, 15) is 4.79 Å². The van der Waals surface area contributed by atoms with Crippen LogP contribution in [0.5, 0.6) is 11.5 Å². The van der Waals surface area contributed by atoms with E-state index < -0.39 is 0 Å². The van der Waals surface area contributed by atoms with Crippen LogP contribution in [0.2, 0.25) is 5.02 Å². The van der Waals surface area contributed by atoms with E-state index in [-0.39, 0.29) is 5.91 Å². The van der Waals surface area contributed by atoms with Crippen LogP contribution in [-0.4, -0.2) is 19.1 Å². The van der Waals surface area contributed by atoms with Crippen molar-refractivity contribution in [1.29, 1.82) is 0 Å². The molecule has 0 aliphatic carbocycles. The Labute approximate surface area is 91.1 Å². The molecule has 3 rings (SSSR count). The van der Waals surface area contributed by atoms with E-state index in [0.29, 0.717) is 41.8 Å². The Morgan fingerprint density at radius 1 is 1.33 bits per heavy atom. The normalized spacial score (nSPS) is 17.3. The van der Waals surface area contributed by atoms with Gasteiger partial charge in [0.15, 0.2) is 11.5 Å². The first kappa shape index (κ1) is 8.85. The van der Waals surface area contributed by atoms with E-state index in [2.05, 4.69) is 5.32 Å². The summed E-state index contributed by atoms with van der Waals surface area (Å²) in [6.07, 6.45) is 0.307. The first-order valence-corrected chi connectivity index (χ1v) is 5.04. The van der Waals surface area contributed by atoms with Crippen molar-refractivity contribution in [2.75, 3.05) is 18.5 Å². The van der Waals surface area contributed by atoms with Crippen LogP contribution in [0.3, 0.4) is 0 Å². The molecular formula is C10H8ClNO3. The largest absolute Gasteiger partial charge is 0.486 e. The Hall–Kier alpha value is -1.42. The lowest BCUT2D eigenvalue weighted by Gasteiger charge is -2.21. The van der Waals surface area contributed by atoms with Gasteiger partial charge in [-0.2, -0.15) is 0 Å². The van der Waals surface area contributed by atoms with Gasteiger partial charge in [0.1, 0.15) is 13.2 Å². The highest BCUT2D eigenvalue weighted by Crippen LogP contribution is 2.45. The molecule has 0 saturated carbocycles. The van der Waals surface area contributed by atoms with Gasteiger partial charge < -0.3 is 14.8 Å². The molecule has 2 heterocycles. The van der Waals surface area contributed by atoms with Gasteiger partial charge >= 0.3 is 0 Å². The minimum atomic E-state index is -0.0607. The highest BCUT2D eigenvalue weighted by atomic mass is 35.5. The lowest BCUT2D eigenvalue weighted by molar-refractivity contribution is -0.115. The molecule has 0 saturated heterocycles. The number of carbonyl (C=O) groups is 1. The number of anilines is 1. The summed E-state index contributed by atoms with van der Waals surface area (Å²) in [5.74, 6) is 1.22. The summed E-state index contributed by atoms with van der Waals surface area (Å²) in [6, 6.07) is 1.68. The topological polar surface area (TPSA) is 47.6 Å². The second-order valence-corrected chi connectivity index (χ2v) is 3.87. The van der Waals surface area contributed by atoms with E-state index in [1.54, 1.807) is 6.07 Å². The van der Waals surface area contributed by atoms with Gasteiger partial charge in [-0.15, -0.1) is 0 Å². The number of halogens is 1. The number of fused-ring (bicyclic) bond motifs is 3. The van der Waals surface area contributed by atoms with E-state index >= 15 is 0 Å². The fourth-order valence-electron chi connectivity index (χ4n) is 1.87. The molecule has 15 heavy (non-hydrogen) atoms. The van der Waals surface area contributed by atoms with Crippen molar-refractivity contribution in [3.8, 4) is 11.5 Å². The van der Waals surface area contributed by atoms with Crippen LogP contribution < -0.4 is 14.8 Å². The van der Waals surface area contributed by atoms with Crippen LogP contribution in [0.4, 0.5) is 5.69 Å². The number of amides is 1. The maximum absolute atomic E-state index is 11.3. The molecule has 0 spiro atoms. The van der Waals surface area contributed by atoms with Crippen LogP contribution in [0.1, 0.15) is 5.56 Å². The molecule has 0 bridgehead atoms. The van der Waals surface area contributed by atoms with Crippen LogP contribution in [0.25, 0.3) is 0 Å². The Morgan fingerprint density at radius 2 is 2.13 bits per heavy atom. The third kappa shape index (κ3) is 1.25. The van der Waals surface area contributed by atoms with Gasteiger partial charge in [-0.05, 0) is 0 Å². The fourth-order valence-corrected chi connectivity index (χ4v) is 2.13. The van der Waals surface area contributed by atoms with Gasteiger partial charge in [-0.1, -0.05) is 11.6 Å². The molecule has 0 unspecified atom stereocenters. The molecule has 1 aromatic rings. The number of hydrogen-bond acceptors (Lipinski definition) is 3. The molecule has 78 valence electrons. The summed E-state index contributed by atoms with van der Waals surface area (Å²) < 4.78 is 10.9. The van der Waals surface area contributed by atoms with Crippen LogP contribution >= 0.6 is 11.6 Å². The Bertz CT molecular complexity index is 458. The molecule has 1 N–H and O–H groups in total. The van der Waals surface area contributed by atoms with Crippen LogP contribution in [0.15, 0.2) is 6.07 Å². The summed E-state index contributed by atoms with van der Waals surface area (Å²) in [5, 5.41) is 3.21. The van der Waals surface area contributed by atoms with Gasteiger partial charge in [0.05, 0.1) is 17.1 Å². The highest BCUT2D eigenvalue weighted by molar-refractivity contribution is 6.34. The molecule has 5 heteroatoms. The van der Waals surface area contributed by atoms with E-state index in [4.69, 9.17) is 21.1 Å². The molecule has 1 amide bonds. The van der Waals surface area contributed by atoms with Crippen molar-refractivity contribution in [3.63, 3.8) is 0 Å². The van der Waals surface area contributed by atoms with E-state index in [0.717, 1.165) is 5.56 Å². The van der Waals surface area contributed by atoms with Gasteiger partial charge in [0.25, 0.3) is 0 Å². The summed E-state index contributed by atoms with van der Waals surface area (Å²) in [7, 11) is 0. The van der Waals surface area contributed by atoms with Crippen molar-refractivity contribution in [2.45, 2.75) is 6.42 Å². The minimum Gasteiger partial charge on any atom is -0.486 e. The molecule has 0 radical (unpaired) electrons. The van der Waals surface area contributed by atoms with Crippen molar-refractivity contribution < 1.29 is 14.3 Å². The van der Waals surface area contributed by atoms with Crippen molar-refractivity contribution in [1.82, 2.24) is 0 Å². The van der Waals surface area contributed by atoms with Crippen molar-refractivity contribution in [3.05, 3.63) is 16.7 Å². The first-order chi connectivity index (χ1) is 7.25. The minimum absolute atomic E-state index is 0.0607. The maximum Gasteiger partial charge on any atom is 0.229 e. The van der Waals surface area contributed by atoms with Crippen molar-refractivity contribution in [2.24, 2.45) is 0 Å². The molecular weight excluding hydrogens is 218 g/mol. The van der Waals surface area contributed by atoms with E-state index in [1.165, 1.54) is 0 Å². The zero-order valence-electron chi connectivity index (χ0n) is 7.80. The lowest BCUT2D eigenvalue weighted by atomic mass is 10.1. The standard InChI is InChI=1S/C10H8ClNO3/c11-6-4-7-10(15-2-1-14-7)5-3-8(13)12-9(5)6/h4H,1-3H2,(H,12,13). The summed E-state index contributed by atoms with van der Waals surface area (Å²) in [6.45, 7) is 1.03. The van der Waals surface area contributed by atoms with Gasteiger partial charge in [0, 0.05) is 11.6 Å². The predicted molar refractivity (Wildman–Crippen MR) is 54.8 cm³/mol. The van der Waals surface area contributed by atoms with Gasteiger partial charge in [0.2, 0.25) is 5.91 Å². The fraction of sp³-hybridized carbons (Fsp3) is 0.300. The van der Waals surface area contributed by atoms with Crippen molar-refractivity contribution >= 4 is 23.2 Å². The zero-order chi connectivity index (χ0) is 10.4. The maximum atomic E-state index is 11.3. The third-order valence-electron chi connectivity index (χ3n) is 2.49. The smallest absolute Gasteiger partial charge is 0.229 e.